The number of H-pyrrole nitrogens is 1. The number of carboxylic acids is 1. The van der Waals surface area contributed by atoms with Crippen LogP contribution in [0.5, 0.6) is 0 Å². The number of aromatic nitrogens is 2. The molecule has 2 aromatic rings. The fourth-order valence-corrected chi connectivity index (χ4v) is 2.69. The Morgan fingerprint density at radius 3 is 2.78 bits per heavy atom. The molecule has 0 spiro atoms. The molecular weight excluding hydrogens is 232 g/mol. The number of nitrogens with one attached hydrogen (secondary N) is 1. The lowest BCUT2D eigenvalue weighted by Gasteiger charge is -2.33. The van der Waals surface area contributed by atoms with Crippen molar-refractivity contribution in [2.45, 2.75) is 25.8 Å². The third-order valence-electron chi connectivity index (χ3n) is 3.68. The van der Waals surface area contributed by atoms with Gasteiger partial charge in [-0.2, -0.15) is 0 Å². The summed E-state index contributed by atoms with van der Waals surface area (Å²) in [7, 11) is 0. The number of carboxylic acid groups (broad SMARTS) is 1. The van der Waals surface area contributed by atoms with Crippen molar-refractivity contribution in [1.82, 2.24) is 9.55 Å². The monoisotopic (exact) mass is 246 g/mol. The molecule has 1 aliphatic carbocycles. The third-order valence-corrected chi connectivity index (χ3v) is 3.68. The smallest absolute Gasteiger partial charge is 0.335 e. The Bertz CT molecular complexity index is 677. The van der Waals surface area contributed by atoms with Crippen LogP contribution in [-0.4, -0.2) is 20.6 Å². The van der Waals surface area contributed by atoms with Crippen molar-refractivity contribution < 1.29 is 9.90 Å². The van der Waals surface area contributed by atoms with Crippen LogP contribution in [0.3, 0.4) is 0 Å². The summed E-state index contributed by atoms with van der Waals surface area (Å²) in [4.78, 5) is 25.7. The van der Waals surface area contributed by atoms with Gasteiger partial charge in [0.15, 0.2) is 0 Å². The van der Waals surface area contributed by atoms with E-state index in [-0.39, 0.29) is 17.3 Å². The fraction of sp³-hybridized carbons (Fsp3) is 0.385. The van der Waals surface area contributed by atoms with E-state index < -0.39 is 5.97 Å². The van der Waals surface area contributed by atoms with Crippen LogP contribution in [0.4, 0.5) is 0 Å². The lowest BCUT2D eigenvalue weighted by molar-refractivity contribution is 0.0697. The van der Waals surface area contributed by atoms with E-state index >= 15 is 0 Å². The molecule has 0 atom stereocenters. The maximum Gasteiger partial charge on any atom is 0.335 e. The van der Waals surface area contributed by atoms with E-state index in [2.05, 4.69) is 11.9 Å². The number of carbonyl (C=O) groups is 1. The molecule has 0 amide bonds. The minimum absolute atomic E-state index is 0.149. The minimum Gasteiger partial charge on any atom is -0.478 e. The number of rotatable bonds is 2. The topological polar surface area (TPSA) is 75.1 Å². The second-order valence-corrected chi connectivity index (χ2v) is 5.07. The Kier molecular flexibility index (Phi) is 2.29. The van der Waals surface area contributed by atoms with Gasteiger partial charge in [0.25, 0.3) is 0 Å². The van der Waals surface area contributed by atoms with Gasteiger partial charge >= 0.3 is 11.7 Å². The average Bonchev–Trinajstić information content (AvgIpc) is 2.59. The Balaban J connectivity index is 2.17. The lowest BCUT2D eigenvalue weighted by atomic mass is 9.81. The van der Waals surface area contributed by atoms with Gasteiger partial charge in [0.05, 0.1) is 16.6 Å². The molecule has 0 unspecified atom stereocenters. The third kappa shape index (κ3) is 1.54. The molecule has 94 valence electrons. The zero-order chi connectivity index (χ0) is 12.9. The molecule has 1 saturated carbocycles. The number of aromatic amines is 1. The molecule has 0 bridgehead atoms. The maximum absolute atomic E-state index is 11.9. The van der Waals surface area contributed by atoms with Crippen molar-refractivity contribution in [2.75, 3.05) is 0 Å². The molecule has 1 fully saturated rings. The van der Waals surface area contributed by atoms with Crippen molar-refractivity contribution in [3.05, 3.63) is 34.2 Å². The van der Waals surface area contributed by atoms with Gasteiger partial charge in [-0.05, 0) is 37.0 Å². The molecule has 1 aliphatic rings. The van der Waals surface area contributed by atoms with Gasteiger partial charge in [-0.3, -0.25) is 4.57 Å². The van der Waals surface area contributed by atoms with E-state index in [9.17, 15) is 9.59 Å². The van der Waals surface area contributed by atoms with Gasteiger partial charge in [-0.1, -0.05) is 6.92 Å². The van der Waals surface area contributed by atoms with E-state index in [0.717, 1.165) is 12.8 Å². The van der Waals surface area contributed by atoms with Gasteiger partial charge in [0.1, 0.15) is 0 Å². The molecular formula is C13H14N2O3. The average molecular weight is 246 g/mol. The van der Waals surface area contributed by atoms with Crippen LogP contribution in [0, 0.1) is 5.92 Å². The zero-order valence-electron chi connectivity index (χ0n) is 10.0. The number of hydrogen-bond acceptors (Lipinski definition) is 2. The second-order valence-electron chi connectivity index (χ2n) is 5.07. The standard InChI is InChI=1S/C13H14N2O3/c1-7-4-9(5-7)15-11-6-8(12(16)17)2-3-10(11)14-13(15)18/h2-3,6-7,9H,4-5H2,1H3,(H,14,18)(H,16,17). The van der Waals surface area contributed by atoms with E-state index in [1.165, 1.54) is 6.07 Å². The summed E-state index contributed by atoms with van der Waals surface area (Å²) in [5.41, 5.74) is 1.45. The molecule has 2 N–H and O–H groups in total. The highest BCUT2D eigenvalue weighted by molar-refractivity contribution is 5.92. The molecule has 1 heterocycles. The van der Waals surface area contributed by atoms with Gasteiger partial charge < -0.3 is 10.1 Å². The highest BCUT2D eigenvalue weighted by Crippen LogP contribution is 2.37. The summed E-state index contributed by atoms with van der Waals surface area (Å²) in [5.74, 6) is -0.339. The van der Waals surface area contributed by atoms with Crippen molar-refractivity contribution in [3.63, 3.8) is 0 Å². The number of imidazole rings is 1. The summed E-state index contributed by atoms with van der Waals surface area (Å²) >= 11 is 0. The Morgan fingerprint density at radius 1 is 1.44 bits per heavy atom. The first-order valence-corrected chi connectivity index (χ1v) is 6.04. The van der Waals surface area contributed by atoms with E-state index in [1.807, 2.05) is 0 Å². The van der Waals surface area contributed by atoms with Crippen molar-refractivity contribution in [3.8, 4) is 0 Å². The van der Waals surface area contributed by atoms with Crippen LogP contribution in [-0.2, 0) is 0 Å². The Morgan fingerprint density at radius 2 is 2.17 bits per heavy atom. The normalized spacial score (nSPS) is 22.9. The van der Waals surface area contributed by atoms with E-state index in [1.54, 1.807) is 16.7 Å². The molecule has 3 rings (SSSR count). The highest BCUT2D eigenvalue weighted by atomic mass is 16.4. The Labute approximate surface area is 103 Å². The van der Waals surface area contributed by atoms with Gasteiger partial charge in [0, 0.05) is 6.04 Å². The van der Waals surface area contributed by atoms with Gasteiger partial charge in [-0.15, -0.1) is 0 Å². The number of benzene rings is 1. The van der Waals surface area contributed by atoms with E-state index in [4.69, 9.17) is 5.11 Å². The predicted molar refractivity (Wildman–Crippen MR) is 67.0 cm³/mol. The van der Waals surface area contributed by atoms with Crippen LogP contribution in [0.15, 0.2) is 23.0 Å². The minimum atomic E-state index is -0.973. The summed E-state index contributed by atoms with van der Waals surface area (Å²) < 4.78 is 1.70. The zero-order valence-corrected chi connectivity index (χ0v) is 10.0. The van der Waals surface area contributed by atoms with E-state index in [0.29, 0.717) is 17.0 Å². The van der Waals surface area contributed by atoms with Crippen molar-refractivity contribution >= 4 is 17.0 Å². The molecule has 5 nitrogen and oxygen atoms in total. The second kappa shape index (κ2) is 3.73. The van der Waals surface area contributed by atoms with Crippen molar-refractivity contribution in [2.24, 2.45) is 5.92 Å². The van der Waals surface area contributed by atoms with Crippen LogP contribution in [0.1, 0.15) is 36.2 Å². The number of hydrogen-bond donors (Lipinski definition) is 2. The molecule has 1 aromatic carbocycles. The quantitative estimate of drug-likeness (QED) is 0.851. The summed E-state index contributed by atoms with van der Waals surface area (Å²) in [6.45, 7) is 2.15. The molecule has 18 heavy (non-hydrogen) atoms. The van der Waals surface area contributed by atoms with Crippen molar-refractivity contribution in [1.29, 1.82) is 0 Å². The fourth-order valence-electron chi connectivity index (χ4n) is 2.69. The summed E-state index contributed by atoms with van der Waals surface area (Å²) in [6, 6.07) is 4.93. The molecule has 0 aliphatic heterocycles. The maximum atomic E-state index is 11.9. The molecule has 0 saturated heterocycles. The summed E-state index contributed by atoms with van der Waals surface area (Å²) in [5, 5.41) is 9.00. The summed E-state index contributed by atoms with van der Waals surface area (Å²) in [6.07, 6.45) is 1.95. The van der Waals surface area contributed by atoms with Gasteiger partial charge in [0.2, 0.25) is 0 Å². The predicted octanol–water partition coefficient (Wildman–Crippen LogP) is 2.00. The van der Waals surface area contributed by atoms with Gasteiger partial charge in [-0.25, -0.2) is 9.59 Å². The number of fused-ring (bicyclic) bond motifs is 1. The largest absolute Gasteiger partial charge is 0.478 e. The molecule has 1 aromatic heterocycles. The highest BCUT2D eigenvalue weighted by Gasteiger charge is 2.29. The lowest BCUT2D eigenvalue weighted by Crippen LogP contribution is -2.31. The first-order valence-electron chi connectivity index (χ1n) is 6.04. The van der Waals surface area contributed by atoms with Crippen LogP contribution in [0.25, 0.3) is 11.0 Å². The number of aromatic carboxylic acids is 1. The van der Waals surface area contributed by atoms with Crippen LogP contribution in [0.2, 0.25) is 0 Å². The SMILES string of the molecule is CC1CC(n2c(=O)[nH]c3ccc(C(=O)O)cc32)C1. The number of nitrogens with zero attached hydrogens (tertiary/aromatic N) is 1. The Hall–Kier alpha value is -2.04. The molecule has 0 radical (unpaired) electrons. The molecule has 5 heteroatoms. The van der Waals surface area contributed by atoms with Crippen LogP contribution < -0.4 is 5.69 Å². The first-order chi connectivity index (χ1) is 8.56. The first kappa shape index (κ1) is 11.1. The van der Waals surface area contributed by atoms with Crippen LogP contribution >= 0.6 is 0 Å².